The second kappa shape index (κ2) is 7.11. The third-order valence-corrected chi connectivity index (χ3v) is 2.82. The molecule has 0 aromatic heterocycles. The van der Waals surface area contributed by atoms with Crippen molar-refractivity contribution >= 4 is 11.6 Å². The molecule has 0 unspecified atom stereocenters. The highest BCUT2D eigenvalue weighted by Gasteiger charge is 2.17. The molecule has 0 spiro atoms. The number of carbonyl (C=O) groups excluding carboxylic acids is 1. The van der Waals surface area contributed by atoms with E-state index in [1.54, 1.807) is 18.2 Å². The van der Waals surface area contributed by atoms with Crippen molar-refractivity contribution in [1.82, 2.24) is 0 Å². The van der Waals surface area contributed by atoms with Gasteiger partial charge in [-0.15, -0.1) is 0 Å². The van der Waals surface area contributed by atoms with Gasteiger partial charge in [0.1, 0.15) is 5.75 Å². The van der Waals surface area contributed by atoms with E-state index in [-0.39, 0.29) is 18.4 Å². The summed E-state index contributed by atoms with van der Waals surface area (Å²) >= 11 is 0. The van der Waals surface area contributed by atoms with Gasteiger partial charge in [0.2, 0.25) is 5.91 Å². The lowest BCUT2D eigenvalue weighted by molar-refractivity contribution is -0.118. The summed E-state index contributed by atoms with van der Waals surface area (Å²) in [6.45, 7) is 6.04. The van der Waals surface area contributed by atoms with Gasteiger partial charge in [-0.3, -0.25) is 4.79 Å². The maximum absolute atomic E-state index is 11.8. The fraction of sp³-hybridized carbons (Fsp3) is 0.500. The Kier molecular flexibility index (Phi) is 5.79. The molecule has 0 radical (unpaired) electrons. The Balaban J connectivity index is 2.82. The number of carbonyl (C=O) groups is 1. The summed E-state index contributed by atoms with van der Waals surface area (Å²) in [6.07, 6.45) is 0. The monoisotopic (exact) mass is 266 g/mol. The molecule has 19 heavy (non-hydrogen) atoms. The summed E-state index contributed by atoms with van der Waals surface area (Å²) in [7, 11) is 0. The minimum Gasteiger partial charge on any atom is -0.494 e. The lowest BCUT2D eigenvalue weighted by Crippen LogP contribution is -2.39. The van der Waals surface area contributed by atoms with Crippen LogP contribution in [0.25, 0.3) is 0 Å². The average Bonchev–Trinajstić information content (AvgIpc) is 2.39. The van der Waals surface area contributed by atoms with Crippen molar-refractivity contribution in [3.63, 3.8) is 0 Å². The molecule has 0 aliphatic heterocycles. The number of amides is 1. The van der Waals surface area contributed by atoms with Crippen molar-refractivity contribution in [2.75, 3.05) is 11.9 Å². The van der Waals surface area contributed by atoms with E-state index in [1.807, 2.05) is 20.8 Å². The summed E-state index contributed by atoms with van der Waals surface area (Å²) in [5, 5.41) is 12.0. The van der Waals surface area contributed by atoms with Crippen molar-refractivity contribution < 1.29 is 14.6 Å². The number of hydrogen-bond acceptors (Lipinski definition) is 4. The number of rotatable bonds is 6. The summed E-state index contributed by atoms with van der Waals surface area (Å²) < 4.78 is 5.38. The smallest absolute Gasteiger partial charge is 0.241 e. The number of hydrogen-bond donors (Lipinski definition) is 3. The normalized spacial score (nSPS) is 12.3. The molecule has 0 bridgehead atoms. The Morgan fingerprint density at radius 2 is 2.16 bits per heavy atom. The predicted octanol–water partition coefficient (Wildman–Crippen LogP) is 1.50. The summed E-state index contributed by atoms with van der Waals surface area (Å²) in [6, 6.07) is 4.60. The van der Waals surface area contributed by atoms with Gasteiger partial charge in [0.05, 0.1) is 19.3 Å². The highest BCUT2D eigenvalue weighted by molar-refractivity contribution is 5.95. The van der Waals surface area contributed by atoms with Gasteiger partial charge in [0, 0.05) is 11.3 Å². The van der Waals surface area contributed by atoms with Gasteiger partial charge in [-0.05, 0) is 31.0 Å². The molecule has 0 saturated carbocycles. The van der Waals surface area contributed by atoms with Crippen LogP contribution < -0.4 is 15.8 Å². The first-order chi connectivity index (χ1) is 8.99. The van der Waals surface area contributed by atoms with Gasteiger partial charge in [-0.1, -0.05) is 13.8 Å². The second-order valence-electron chi connectivity index (χ2n) is 4.67. The molecule has 106 valence electrons. The Hall–Kier alpha value is -1.59. The van der Waals surface area contributed by atoms with Crippen LogP contribution in [0.4, 0.5) is 5.69 Å². The fourth-order valence-corrected chi connectivity index (χ4v) is 1.61. The number of benzene rings is 1. The maximum atomic E-state index is 11.8. The molecule has 0 aliphatic rings. The van der Waals surface area contributed by atoms with Crippen molar-refractivity contribution in [1.29, 1.82) is 0 Å². The van der Waals surface area contributed by atoms with E-state index in [4.69, 9.17) is 10.5 Å². The van der Waals surface area contributed by atoms with Crippen molar-refractivity contribution in [3.8, 4) is 5.75 Å². The molecular weight excluding hydrogens is 244 g/mol. The highest BCUT2D eigenvalue weighted by Crippen LogP contribution is 2.23. The number of aliphatic hydroxyl groups excluding tert-OH is 1. The number of nitrogens with two attached hydrogens (primary N) is 1. The summed E-state index contributed by atoms with van der Waals surface area (Å²) in [5.41, 5.74) is 7.01. The van der Waals surface area contributed by atoms with Crippen LogP contribution in [-0.4, -0.2) is 23.7 Å². The van der Waals surface area contributed by atoms with E-state index in [0.29, 0.717) is 23.6 Å². The number of anilines is 1. The topological polar surface area (TPSA) is 84.6 Å². The fourth-order valence-electron chi connectivity index (χ4n) is 1.61. The Labute approximate surface area is 113 Å². The average molecular weight is 266 g/mol. The maximum Gasteiger partial charge on any atom is 0.241 e. The van der Waals surface area contributed by atoms with Crippen LogP contribution in [0.3, 0.4) is 0 Å². The second-order valence-corrected chi connectivity index (χ2v) is 4.67. The zero-order valence-electron chi connectivity index (χ0n) is 11.6. The number of aliphatic hydroxyl groups is 1. The molecule has 0 fully saturated rings. The van der Waals surface area contributed by atoms with E-state index in [0.717, 1.165) is 0 Å². The Morgan fingerprint density at radius 3 is 2.68 bits per heavy atom. The van der Waals surface area contributed by atoms with Crippen LogP contribution in [-0.2, 0) is 11.4 Å². The third kappa shape index (κ3) is 4.22. The molecule has 1 atom stereocenters. The summed E-state index contributed by atoms with van der Waals surface area (Å²) in [5.74, 6) is 0.458. The minimum absolute atomic E-state index is 0.0695. The van der Waals surface area contributed by atoms with Crippen LogP contribution in [0.15, 0.2) is 18.2 Å². The lowest BCUT2D eigenvalue weighted by Gasteiger charge is -2.16. The molecule has 1 aromatic rings. The van der Waals surface area contributed by atoms with Crippen LogP contribution in [0.2, 0.25) is 0 Å². The van der Waals surface area contributed by atoms with Gasteiger partial charge >= 0.3 is 0 Å². The molecule has 0 heterocycles. The van der Waals surface area contributed by atoms with Gasteiger partial charge in [0.25, 0.3) is 0 Å². The third-order valence-electron chi connectivity index (χ3n) is 2.82. The Bertz CT molecular complexity index is 433. The Morgan fingerprint density at radius 1 is 1.47 bits per heavy atom. The zero-order valence-corrected chi connectivity index (χ0v) is 11.6. The molecule has 0 aliphatic carbocycles. The van der Waals surface area contributed by atoms with E-state index >= 15 is 0 Å². The molecule has 0 saturated heterocycles. The summed E-state index contributed by atoms with van der Waals surface area (Å²) in [4.78, 5) is 11.8. The standard InChI is InChI=1S/C14H22N2O3/c1-4-19-12-6-5-11(7-10(12)8-17)16-14(18)13(15)9(2)3/h5-7,9,13,17H,4,8,15H2,1-3H3,(H,16,18)/t13-/m1/s1. The van der Waals surface area contributed by atoms with Crippen LogP contribution in [0.5, 0.6) is 5.75 Å². The van der Waals surface area contributed by atoms with E-state index < -0.39 is 6.04 Å². The minimum atomic E-state index is -0.552. The van der Waals surface area contributed by atoms with Crippen LogP contribution >= 0.6 is 0 Å². The SMILES string of the molecule is CCOc1ccc(NC(=O)[C@H](N)C(C)C)cc1CO. The van der Waals surface area contributed by atoms with Gasteiger partial charge in [0.15, 0.2) is 0 Å². The first-order valence-electron chi connectivity index (χ1n) is 6.42. The van der Waals surface area contributed by atoms with E-state index in [2.05, 4.69) is 5.32 Å². The van der Waals surface area contributed by atoms with Gasteiger partial charge in [-0.2, -0.15) is 0 Å². The lowest BCUT2D eigenvalue weighted by atomic mass is 10.0. The van der Waals surface area contributed by atoms with Crippen molar-refractivity contribution in [2.24, 2.45) is 11.7 Å². The largest absolute Gasteiger partial charge is 0.494 e. The molecule has 1 aromatic carbocycles. The predicted molar refractivity (Wildman–Crippen MR) is 75.0 cm³/mol. The first-order valence-corrected chi connectivity index (χ1v) is 6.42. The van der Waals surface area contributed by atoms with E-state index in [9.17, 15) is 9.90 Å². The van der Waals surface area contributed by atoms with Gasteiger partial charge < -0.3 is 20.9 Å². The van der Waals surface area contributed by atoms with Crippen LogP contribution in [0.1, 0.15) is 26.3 Å². The molecule has 4 N–H and O–H groups in total. The van der Waals surface area contributed by atoms with Crippen molar-refractivity contribution in [2.45, 2.75) is 33.4 Å². The first kappa shape index (κ1) is 15.5. The number of ether oxygens (including phenoxy) is 1. The van der Waals surface area contributed by atoms with Crippen LogP contribution in [0, 0.1) is 5.92 Å². The molecule has 5 nitrogen and oxygen atoms in total. The zero-order chi connectivity index (χ0) is 14.4. The van der Waals surface area contributed by atoms with E-state index in [1.165, 1.54) is 0 Å². The molecular formula is C14H22N2O3. The molecule has 5 heteroatoms. The quantitative estimate of drug-likeness (QED) is 0.728. The molecule has 1 amide bonds. The highest BCUT2D eigenvalue weighted by atomic mass is 16.5. The number of nitrogens with one attached hydrogen (secondary N) is 1. The molecule has 1 rings (SSSR count). The van der Waals surface area contributed by atoms with Crippen molar-refractivity contribution in [3.05, 3.63) is 23.8 Å². The van der Waals surface area contributed by atoms with Gasteiger partial charge in [-0.25, -0.2) is 0 Å².